The molecule has 3 heteroatoms. The first-order chi connectivity index (χ1) is 6.63. The maximum Gasteiger partial charge on any atom is 0.0664 e. The highest BCUT2D eigenvalue weighted by Crippen LogP contribution is 2.20. The van der Waals surface area contributed by atoms with Gasteiger partial charge in [0.25, 0.3) is 0 Å². The predicted octanol–water partition coefficient (Wildman–Crippen LogP) is 0.850. The summed E-state index contributed by atoms with van der Waals surface area (Å²) in [7, 11) is 0. The summed E-state index contributed by atoms with van der Waals surface area (Å²) in [6.45, 7) is 6.72. The molecule has 3 nitrogen and oxygen atoms in total. The van der Waals surface area contributed by atoms with Gasteiger partial charge in [-0.05, 0) is 45.2 Å². The second-order valence-corrected chi connectivity index (χ2v) is 4.44. The van der Waals surface area contributed by atoms with Crippen molar-refractivity contribution in [3.8, 4) is 0 Å². The van der Waals surface area contributed by atoms with Crippen LogP contribution in [0.5, 0.6) is 0 Å². The molecule has 0 spiro atoms. The summed E-state index contributed by atoms with van der Waals surface area (Å²) in [6.07, 6.45) is 2.60. The van der Waals surface area contributed by atoms with E-state index in [1.54, 1.807) is 0 Å². The molecule has 14 heavy (non-hydrogen) atoms. The molecular weight excluding hydrogens is 178 g/mol. The van der Waals surface area contributed by atoms with Crippen molar-refractivity contribution in [3.63, 3.8) is 0 Å². The summed E-state index contributed by atoms with van der Waals surface area (Å²) in [5.74, 6) is 0.463. The zero-order chi connectivity index (χ0) is 10.6. The Balaban J connectivity index is 2.22. The van der Waals surface area contributed by atoms with Gasteiger partial charge >= 0.3 is 0 Å². The number of nitrogens with zero attached hydrogens (tertiary/aromatic N) is 1. The Morgan fingerprint density at radius 1 is 1.29 bits per heavy atom. The van der Waals surface area contributed by atoms with Crippen LogP contribution in [0.1, 0.15) is 33.1 Å². The first kappa shape index (κ1) is 12.0. The molecule has 0 aromatic carbocycles. The second-order valence-electron chi connectivity index (χ2n) is 4.44. The van der Waals surface area contributed by atoms with E-state index in [1.807, 2.05) is 13.8 Å². The van der Waals surface area contributed by atoms with Gasteiger partial charge in [-0.15, -0.1) is 0 Å². The lowest BCUT2D eigenvalue weighted by atomic mass is 9.92. The fourth-order valence-corrected chi connectivity index (χ4v) is 2.05. The van der Waals surface area contributed by atoms with Crippen molar-refractivity contribution >= 4 is 0 Å². The third kappa shape index (κ3) is 3.56. The molecule has 1 saturated heterocycles. The van der Waals surface area contributed by atoms with Crippen LogP contribution >= 0.6 is 0 Å². The van der Waals surface area contributed by atoms with Crippen LogP contribution in [0.4, 0.5) is 0 Å². The summed E-state index contributed by atoms with van der Waals surface area (Å²) >= 11 is 0. The van der Waals surface area contributed by atoms with Crippen molar-refractivity contribution in [2.45, 2.75) is 45.3 Å². The van der Waals surface area contributed by atoms with E-state index in [0.29, 0.717) is 5.92 Å². The lowest BCUT2D eigenvalue weighted by molar-refractivity contribution is 0.0480. The van der Waals surface area contributed by atoms with Crippen LogP contribution in [0.2, 0.25) is 0 Å². The molecule has 2 unspecified atom stereocenters. The molecule has 0 radical (unpaired) electrons. The van der Waals surface area contributed by atoms with E-state index in [2.05, 4.69) is 4.90 Å². The molecule has 0 bridgehead atoms. The number of hydrogen-bond donors (Lipinski definition) is 2. The van der Waals surface area contributed by atoms with Gasteiger partial charge in [-0.25, -0.2) is 0 Å². The minimum Gasteiger partial charge on any atom is -0.393 e. The molecular formula is C11H23NO2. The second kappa shape index (κ2) is 5.69. The highest BCUT2D eigenvalue weighted by Gasteiger charge is 2.23. The van der Waals surface area contributed by atoms with Gasteiger partial charge in [-0.3, -0.25) is 0 Å². The van der Waals surface area contributed by atoms with E-state index in [-0.39, 0.29) is 12.2 Å². The van der Waals surface area contributed by atoms with Gasteiger partial charge in [0.05, 0.1) is 12.2 Å². The lowest BCUT2D eigenvalue weighted by Crippen LogP contribution is -2.40. The fourth-order valence-electron chi connectivity index (χ4n) is 2.05. The number of rotatable bonds is 4. The van der Waals surface area contributed by atoms with Crippen LogP contribution in [0, 0.1) is 5.92 Å². The lowest BCUT2D eigenvalue weighted by Gasteiger charge is -2.34. The Morgan fingerprint density at radius 3 is 2.29 bits per heavy atom. The zero-order valence-electron chi connectivity index (χ0n) is 9.32. The monoisotopic (exact) mass is 201 g/mol. The van der Waals surface area contributed by atoms with Gasteiger partial charge < -0.3 is 15.1 Å². The first-order valence-electron chi connectivity index (χ1n) is 5.72. The fraction of sp³-hybridized carbons (Fsp3) is 1.00. The Bertz CT molecular complexity index is 153. The molecule has 1 fully saturated rings. The van der Waals surface area contributed by atoms with Gasteiger partial charge in [0, 0.05) is 6.54 Å². The summed E-state index contributed by atoms with van der Waals surface area (Å²) in [4.78, 5) is 2.30. The van der Waals surface area contributed by atoms with E-state index in [9.17, 15) is 10.2 Å². The molecule has 0 aromatic heterocycles. The van der Waals surface area contributed by atoms with Crippen LogP contribution < -0.4 is 0 Å². The normalized spacial score (nSPS) is 24.9. The maximum absolute atomic E-state index is 9.49. The summed E-state index contributed by atoms with van der Waals surface area (Å²) < 4.78 is 0. The molecule has 0 aliphatic carbocycles. The van der Waals surface area contributed by atoms with Crippen molar-refractivity contribution in [2.24, 2.45) is 5.92 Å². The van der Waals surface area contributed by atoms with Gasteiger partial charge in [-0.2, -0.15) is 0 Å². The first-order valence-corrected chi connectivity index (χ1v) is 5.72. The molecule has 1 heterocycles. The topological polar surface area (TPSA) is 43.7 Å². The molecule has 2 atom stereocenters. The highest BCUT2D eigenvalue weighted by molar-refractivity contribution is 4.76. The number of aliphatic hydroxyl groups excluding tert-OH is 2. The molecule has 1 rings (SSSR count). The van der Waals surface area contributed by atoms with E-state index in [1.165, 1.54) is 0 Å². The summed E-state index contributed by atoms with van der Waals surface area (Å²) in [5.41, 5.74) is 0. The Kier molecular flexibility index (Phi) is 4.85. The summed E-state index contributed by atoms with van der Waals surface area (Å²) in [6, 6.07) is 0. The number of piperidine rings is 1. The van der Waals surface area contributed by atoms with Gasteiger partial charge in [0.1, 0.15) is 0 Å². The molecule has 2 N–H and O–H groups in total. The van der Waals surface area contributed by atoms with Crippen molar-refractivity contribution in [2.75, 3.05) is 19.6 Å². The summed E-state index contributed by atoms with van der Waals surface area (Å²) in [5, 5.41) is 18.9. The Labute approximate surface area is 86.7 Å². The van der Waals surface area contributed by atoms with Crippen molar-refractivity contribution < 1.29 is 10.2 Å². The average molecular weight is 201 g/mol. The van der Waals surface area contributed by atoms with Crippen molar-refractivity contribution in [1.29, 1.82) is 0 Å². The Morgan fingerprint density at radius 2 is 1.86 bits per heavy atom. The SMILES string of the molecule is CCC(O)CN1CCC(C(C)O)CC1. The van der Waals surface area contributed by atoms with Crippen LogP contribution in [0.3, 0.4) is 0 Å². The third-order valence-corrected chi connectivity index (χ3v) is 3.25. The van der Waals surface area contributed by atoms with E-state index >= 15 is 0 Å². The minimum absolute atomic E-state index is 0.173. The molecule has 1 aliphatic heterocycles. The number of aliphatic hydroxyl groups is 2. The van der Waals surface area contributed by atoms with E-state index in [4.69, 9.17) is 0 Å². The molecule has 0 amide bonds. The highest BCUT2D eigenvalue weighted by atomic mass is 16.3. The predicted molar refractivity (Wildman–Crippen MR) is 57.1 cm³/mol. The van der Waals surface area contributed by atoms with Crippen LogP contribution in [-0.2, 0) is 0 Å². The number of likely N-dealkylation sites (tertiary alicyclic amines) is 1. The Hall–Kier alpha value is -0.120. The van der Waals surface area contributed by atoms with Gasteiger partial charge in [0.15, 0.2) is 0 Å². The quantitative estimate of drug-likeness (QED) is 0.708. The largest absolute Gasteiger partial charge is 0.393 e. The maximum atomic E-state index is 9.49. The van der Waals surface area contributed by atoms with Gasteiger partial charge in [-0.1, -0.05) is 6.92 Å². The standard InChI is InChI=1S/C11H23NO2/c1-3-11(14)8-12-6-4-10(5-7-12)9(2)13/h9-11,13-14H,3-8H2,1-2H3. The molecule has 0 saturated carbocycles. The minimum atomic E-state index is -0.182. The number of β-amino-alcohol motifs (C(OH)–C–C–N with tert-alkyl or cyclic N) is 1. The van der Waals surface area contributed by atoms with E-state index in [0.717, 1.165) is 38.9 Å². The van der Waals surface area contributed by atoms with E-state index < -0.39 is 0 Å². The van der Waals surface area contributed by atoms with Crippen LogP contribution in [-0.4, -0.2) is 47.0 Å². The van der Waals surface area contributed by atoms with Gasteiger partial charge in [0.2, 0.25) is 0 Å². The van der Waals surface area contributed by atoms with Crippen molar-refractivity contribution in [1.82, 2.24) is 4.90 Å². The average Bonchev–Trinajstić information content (AvgIpc) is 2.18. The number of hydrogen-bond acceptors (Lipinski definition) is 3. The van der Waals surface area contributed by atoms with Crippen LogP contribution in [0.25, 0.3) is 0 Å². The third-order valence-electron chi connectivity index (χ3n) is 3.25. The molecule has 1 aliphatic rings. The van der Waals surface area contributed by atoms with Crippen LogP contribution in [0.15, 0.2) is 0 Å². The molecule has 84 valence electrons. The van der Waals surface area contributed by atoms with Crippen molar-refractivity contribution in [3.05, 3.63) is 0 Å². The smallest absolute Gasteiger partial charge is 0.0664 e. The molecule has 0 aromatic rings. The zero-order valence-corrected chi connectivity index (χ0v) is 9.32.